The van der Waals surface area contributed by atoms with Crippen LogP contribution in [0, 0.1) is 0 Å². The summed E-state index contributed by atoms with van der Waals surface area (Å²) in [5.74, 6) is -1.94. The lowest BCUT2D eigenvalue weighted by Crippen LogP contribution is -2.10. The van der Waals surface area contributed by atoms with Gasteiger partial charge in [-0.3, -0.25) is 4.79 Å². The van der Waals surface area contributed by atoms with Crippen LogP contribution in [0.3, 0.4) is 0 Å². The lowest BCUT2D eigenvalue weighted by molar-refractivity contribution is 0.0652. The van der Waals surface area contributed by atoms with Gasteiger partial charge in [0.2, 0.25) is 11.7 Å². The Morgan fingerprint density at radius 2 is 1.88 bits per heavy atom. The highest BCUT2D eigenvalue weighted by molar-refractivity contribution is 5.93. The van der Waals surface area contributed by atoms with Crippen molar-refractivity contribution in [2.75, 3.05) is 0 Å². The Morgan fingerprint density at radius 3 is 2.35 bits per heavy atom. The van der Waals surface area contributed by atoms with E-state index < -0.39 is 11.9 Å². The van der Waals surface area contributed by atoms with E-state index in [0.717, 1.165) is 0 Å². The molecule has 0 fully saturated rings. The predicted octanol–water partition coefficient (Wildman–Crippen LogP) is 1.14. The van der Waals surface area contributed by atoms with Gasteiger partial charge in [-0.2, -0.15) is 0 Å². The van der Waals surface area contributed by atoms with Crippen molar-refractivity contribution >= 4 is 11.9 Å². The van der Waals surface area contributed by atoms with Crippen molar-refractivity contribution in [2.45, 2.75) is 0 Å². The second-order valence-electron chi connectivity index (χ2n) is 3.32. The van der Waals surface area contributed by atoms with Gasteiger partial charge in [0.15, 0.2) is 0 Å². The molecule has 2 aromatic rings. The standard InChI is InChI=1S/C11H8N2O4/c12-10(14)7-3-1-6(2-4-7)8-5-9(11(15)16)17-13-8/h1-5H,(H2,12,14)(H,15,16). The summed E-state index contributed by atoms with van der Waals surface area (Å²) >= 11 is 0. The third-order valence-electron chi connectivity index (χ3n) is 2.19. The van der Waals surface area contributed by atoms with Crippen LogP contribution in [-0.4, -0.2) is 22.1 Å². The number of primary amides is 1. The van der Waals surface area contributed by atoms with E-state index in [1.54, 1.807) is 12.1 Å². The van der Waals surface area contributed by atoms with Crippen LogP contribution < -0.4 is 5.73 Å². The Hall–Kier alpha value is -2.63. The monoisotopic (exact) mass is 232 g/mol. The number of nitrogens with two attached hydrogens (primary N) is 1. The third kappa shape index (κ3) is 2.15. The molecule has 0 saturated carbocycles. The quantitative estimate of drug-likeness (QED) is 0.825. The fourth-order valence-corrected chi connectivity index (χ4v) is 1.32. The van der Waals surface area contributed by atoms with Crippen molar-refractivity contribution in [3.8, 4) is 11.3 Å². The highest BCUT2D eigenvalue weighted by Gasteiger charge is 2.12. The molecule has 0 saturated heterocycles. The minimum Gasteiger partial charge on any atom is -0.475 e. The molecular formula is C11H8N2O4. The number of amides is 1. The molecule has 0 radical (unpaired) electrons. The van der Waals surface area contributed by atoms with Crippen LogP contribution in [0.5, 0.6) is 0 Å². The molecule has 1 aromatic heterocycles. The zero-order chi connectivity index (χ0) is 12.4. The minimum atomic E-state index is -1.18. The van der Waals surface area contributed by atoms with Gasteiger partial charge in [-0.15, -0.1) is 0 Å². The maximum absolute atomic E-state index is 10.9. The van der Waals surface area contributed by atoms with Crippen LogP contribution in [0.2, 0.25) is 0 Å². The maximum atomic E-state index is 10.9. The molecule has 17 heavy (non-hydrogen) atoms. The number of nitrogens with zero attached hydrogens (tertiary/aromatic N) is 1. The fourth-order valence-electron chi connectivity index (χ4n) is 1.32. The normalized spacial score (nSPS) is 10.1. The molecule has 2 rings (SSSR count). The van der Waals surface area contributed by atoms with Crippen LogP contribution in [0.15, 0.2) is 34.9 Å². The number of aromatic nitrogens is 1. The van der Waals surface area contributed by atoms with E-state index in [9.17, 15) is 9.59 Å². The largest absolute Gasteiger partial charge is 0.475 e. The second-order valence-corrected chi connectivity index (χ2v) is 3.32. The molecule has 1 heterocycles. The van der Waals surface area contributed by atoms with Crippen LogP contribution in [0.1, 0.15) is 20.9 Å². The molecule has 0 bridgehead atoms. The fraction of sp³-hybridized carbons (Fsp3) is 0. The van der Waals surface area contributed by atoms with Crippen molar-refractivity contribution in [1.82, 2.24) is 5.16 Å². The summed E-state index contributed by atoms with van der Waals surface area (Å²) in [7, 11) is 0. The minimum absolute atomic E-state index is 0.237. The van der Waals surface area contributed by atoms with E-state index in [1.807, 2.05) is 0 Å². The van der Waals surface area contributed by atoms with Gasteiger partial charge in [0, 0.05) is 17.2 Å². The molecule has 1 amide bonds. The number of hydrogen-bond acceptors (Lipinski definition) is 4. The number of hydrogen-bond donors (Lipinski definition) is 2. The smallest absolute Gasteiger partial charge is 0.374 e. The van der Waals surface area contributed by atoms with Gasteiger partial charge in [-0.05, 0) is 12.1 Å². The molecule has 0 spiro atoms. The zero-order valence-electron chi connectivity index (χ0n) is 8.58. The zero-order valence-corrected chi connectivity index (χ0v) is 8.58. The SMILES string of the molecule is NC(=O)c1ccc(-c2cc(C(=O)O)on2)cc1. The summed E-state index contributed by atoms with van der Waals surface area (Å²) in [6, 6.07) is 7.61. The number of aromatic carboxylic acids is 1. The van der Waals surface area contributed by atoms with Crippen molar-refractivity contribution in [3.05, 3.63) is 41.7 Å². The van der Waals surface area contributed by atoms with Crippen molar-refractivity contribution in [3.63, 3.8) is 0 Å². The third-order valence-corrected chi connectivity index (χ3v) is 2.19. The summed E-state index contributed by atoms with van der Waals surface area (Å²) in [5.41, 5.74) is 6.50. The highest BCUT2D eigenvalue weighted by Crippen LogP contribution is 2.19. The van der Waals surface area contributed by atoms with Crippen molar-refractivity contribution in [2.24, 2.45) is 5.73 Å². The molecular weight excluding hydrogens is 224 g/mol. The first-order valence-electron chi connectivity index (χ1n) is 4.68. The van der Waals surface area contributed by atoms with Gasteiger partial charge in [0.25, 0.3) is 0 Å². The molecule has 6 heteroatoms. The van der Waals surface area contributed by atoms with E-state index in [2.05, 4.69) is 9.68 Å². The molecule has 86 valence electrons. The van der Waals surface area contributed by atoms with Gasteiger partial charge in [-0.25, -0.2) is 4.79 Å². The molecule has 3 N–H and O–H groups in total. The summed E-state index contributed by atoms with van der Waals surface area (Å²) in [6.45, 7) is 0. The number of benzene rings is 1. The maximum Gasteiger partial charge on any atom is 0.374 e. The molecule has 0 aliphatic heterocycles. The molecule has 0 atom stereocenters. The Kier molecular flexibility index (Phi) is 2.61. The first kappa shape index (κ1) is 10.9. The number of carboxylic acids is 1. The summed E-state index contributed by atoms with van der Waals surface area (Å²) < 4.78 is 4.62. The summed E-state index contributed by atoms with van der Waals surface area (Å²) in [4.78, 5) is 21.4. The number of carbonyl (C=O) groups excluding carboxylic acids is 1. The van der Waals surface area contributed by atoms with Crippen LogP contribution in [-0.2, 0) is 0 Å². The van der Waals surface area contributed by atoms with E-state index in [0.29, 0.717) is 16.8 Å². The topological polar surface area (TPSA) is 106 Å². The molecule has 0 aliphatic rings. The van der Waals surface area contributed by atoms with Gasteiger partial charge in [0.05, 0.1) is 0 Å². The van der Waals surface area contributed by atoms with E-state index in [1.165, 1.54) is 18.2 Å². The van der Waals surface area contributed by atoms with Crippen LogP contribution in [0.4, 0.5) is 0 Å². The van der Waals surface area contributed by atoms with E-state index >= 15 is 0 Å². The van der Waals surface area contributed by atoms with Crippen LogP contribution >= 0.6 is 0 Å². The van der Waals surface area contributed by atoms with E-state index in [-0.39, 0.29) is 5.76 Å². The Labute approximate surface area is 95.6 Å². The van der Waals surface area contributed by atoms with Crippen LogP contribution in [0.25, 0.3) is 11.3 Å². The van der Waals surface area contributed by atoms with E-state index in [4.69, 9.17) is 10.8 Å². The lowest BCUT2D eigenvalue weighted by Gasteiger charge is -1.97. The lowest BCUT2D eigenvalue weighted by atomic mass is 10.1. The van der Waals surface area contributed by atoms with Crippen molar-refractivity contribution < 1.29 is 19.2 Å². The summed E-state index contributed by atoms with van der Waals surface area (Å²) in [6.07, 6.45) is 0. The Morgan fingerprint density at radius 1 is 1.24 bits per heavy atom. The predicted molar refractivity (Wildman–Crippen MR) is 57.4 cm³/mol. The molecule has 1 aromatic carbocycles. The first-order valence-corrected chi connectivity index (χ1v) is 4.68. The molecule has 0 aliphatic carbocycles. The number of carbonyl (C=O) groups is 2. The van der Waals surface area contributed by atoms with Crippen molar-refractivity contribution in [1.29, 1.82) is 0 Å². The number of carboxylic acid groups (broad SMARTS) is 1. The van der Waals surface area contributed by atoms with Gasteiger partial charge < -0.3 is 15.4 Å². The van der Waals surface area contributed by atoms with Gasteiger partial charge in [0.1, 0.15) is 5.69 Å². The molecule has 0 unspecified atom stereocenters. The Balaban J connectivity index is 2.33. The Bertz CT molecular complexity index is 571. The second kappa shape index (κ2) is 4.09. The first-order chi connectivity index (χ1) is 8.08. The number of rotatable bonds is 3. The highest BCUT2D eigenvalue weighted by atomic mass is 16.5. The average molecular weight is 232 g/mol. The summed E-state index contributed by atoms with van der Waals surface area (Å²) in [5, 5.41) is 12.3. The van der Waals surface area contributed by atoms with Gasteiger partial charge in [-0.1, -0.05) is 17.3 Å². The average Bonchev–Trinajstić information content (AvgIpc) is 2.78. The molecule has 6 nitrogen and oxygen atoms in total. The van der Waals surface area contributed by atoms with Gasteiger partial charge >= 0.3 is 5.97 Å².